The molecular weight excluding hydrogens is 148 g/mol. The maximum atomic E-state index is 4.16. The lowest BCUT2D eigenvalue weighted by Gasteiger charge is -2.24. The van der Waals surface area contributed by atoms with E-state index in [1.54, 1.807) is 0 Å². The molecule has 0 spiro atoms. The van der Waals surface area contributed by atoms with Crippen molar-refractivity contribution in [3.8, 4) is 0 Å². The fraction of sp³-hybridized carbons (Fsp3) is 0.500. The van der Waals surface area contributed by atoms with Gasteiger partial charge >= 0.3 is 0 Å². The number of aryl methyl sites for hydroxylation is 1. The maximum absolute atomic E-state index is 4.16. The van der Waals surface area contributed by atoms with Gasteiger partial charge in [-0.2, -0.15) is 0 Å². The summed E-state index contributed by atoms with van der Waals surface area (Å²) >= 11 is 0. The van der Waals surface area contributed by atoms with Crippen molar-refractivity contribution < 1.29 is 0 Å². The largest absolute Gasteiger partial charge is 0.331 e. The molecule has 2 heteroatoms. The lowest BCUT2D eigenvalue weighted by atomic mass is 10.0. The van der Waals surface area contributed by atoms with E-state index in [9.17, 15) is 0 Å². The number of imidazole rings is 1. The number of nitrogens with zero attached hydrogens (tertiary/aromatic N) is 2. The van der Waals surface area contributed by atoms with Crippen LogP contribution in [0.25, 0.3) is 0 Å². The average Bonchev–Trinajstić information content (AvgIpc) is 2.53. The van der Waals surface area contributed by atoms with Crippen molar-refractivity contribution in [2.75, 3.05) is 0 Å². The molecule has 0 saturated carbocycles. The fourth-order valence-corrected chi connectivity index (χ4v) is 1.94. The number of aromatic nitrogens is 2. The van der Waals surface area contributed by atoms with Gasteiger partial charge in [-0.3, -0.25) is 0 Å². The van der Waals surface area contributed by atoms with Crippen molar-refractivity contribution >= 4 is 0 Å². The fourth-order valence-electron chi connectivity index (χ4n) is 1.94. The number of fused-ring (bicyclic) bond motifs is 1. The van der Waals surface area contributed by atoms with E-state index < -0.39 is 0 Å². The van der Waals surface area contributed by atoms with Crippen LogP contribution in [-0.2, 0) is 6.42 Å². The van der Waals surface area contributed by atoms with E-state index in [1.165, 1.54) is 25.0 Å². The van der Waals surface area contributed by atoms with Crippen LogP contribution in [0.2, 0.25) is 0 Å². The van der Waals surface area contributed by atoms with Gasteiger partial charge in [0.1, 0.15) is 0 Å². The third kappa shape index (κ3) is 1.17. The Hall–Kier alpha value is -1.05. The van der Waals surface area contributed by atoms with E-state index in [4.69, 9.17) is 0 Å². The van der Waals surface area contributed by atoms with Crippen LogP contribution < -0.4 is 0 Å². The van der Waals surface area contributed by atoms with Crippen LogP contribution in [0.3, 0.4) is 0 Å². The molecule has 1 aromatic heterocycles. The molecule has 2 heterocycles. The van der Waals surface area contributed by atoms with Crippen molar-refractivity contribution in [3.05, 3.63) is 30.9 Å². The summed E-state index contributed by atoms with van der Waals surface area (Å²) in [6.45, 7) is 3.78. The minimum absolute atomic E-state index is 0.619. The SMILES string of the molecule is C=CCC1CCCc2cncn21. The molecule has 0 aromatic carbocycles. The zero-order valence-corrected chi connectivity index (χ0v) is 7.24. The second-order valence-electron chi connectivity index (χ2n) is 3.36. The lowest BCUT2D eigenvalue weighted by Crippen LogP contribution is -2.15. The highest BCUT2D eigenvalue weighted by Crippen LogP contribution is 2.26. The highest BCUT2D eigenvalue weighted by molar-refractivity contribution is 5.04. The third-order valence-corrected chi connectivity index (χ3v) is 2.55. The summed E-state index contributed by atoms with van der Waals surface area (Å²) in [5, 5.41) is 0. The number of rotatable bonds is 2. The Balaban J connectivity index is 2.25. The van der Waals surface area contributed by atoms with Crippen molar-refractivity contribution in [2.45, 2.75) is 31.7 Å². The zero-order chi connectivity index (χ0) is 8.39. The van der Waals surface area contributed by atoms with Gasteiger partial charge in [0.25, 0.3) is 0 Å². The first-order valence-corrected chi connectivity index (χ1v) is 4.53. The minimum Gasteiger partial charge on any atom is -0.331 e. The molecule has 0 N–H and O–H groups in total. The van der Waals surface area contributed by atoms with Crippen molar-refractivity contribution in [3.63, 3.8) is 0 Å². The quantitative estimate of drug-likeness (QED) is 0.610. The molecule has 0 radical (unpaired) electrons. The molecule has 0 aliphatic carbocycles. The van der Waals surface area contributed by atoms with E-state index in [-0.39, 0.29) is 0 Å². The lowest BCUT2D eigenvalue weighted by molar-refractivity contribution is 0.405. The highest BCUT2D eigenvalue weighted by Gasteiger charge is 2.17. The first-order chi connectivity index (χ1) is 5.92. The summed E-state index contributed by atoms with van der Waals surface area (Å²) in [7, 11) is 0. The third-order valence-electron chi connectivity index (χ3n) is 2.55. The van der Waals surface area contributed by atoms with Gasteiger partial charge in [-0.1, -0.05) is 6.08 Å². The molecule has 1 aliphatic heterocycles. The van der Waals surface area contributed by atoms with E-state index in [0.717, 1.165) is 6.42 Å². The molecule has 0 amide bonds. The molecule has 0 fully saturated rings. The van der Waals surface area contributed by atoms with Crippen LogP contribution in [-0.4, -0.2) is 9.55 Å². The van der Waals surface area contributed by atoms with Crippen LogP contribution in [0, 0.1) is 0 Å². The van der Waals surface area contributed by atoms with Crippen LogP contribution in [0.15, 0.2) is 25.2 Å². The monoisotopic (exact) mass is 162 g/mol. The van der Waals surface area contributed by atoms with Gasteiger partial charge in [0.2, 0.25) is 0 Å². The highest BCUT2D eigenvalue weighted by atomic mass is 15.1. The van der Waals surface area contributed by atoms with E-state index in [2.05, 4.69) is 16.1 Å². The summed E-state index contributed by atoms with van der Waals surface area (Å²) in [6.07, 6.45) is 10.8. The van der Waals surface area contributed by atoms with Crippen LogP contribution >= 0.6 is 0 Å². The van der Waals surface area contributed by atoms with Crippen LogP contribution in [0.1, 0.15) is 31.0 Å². The topological polar surface area (TPSA) is 17.8 Å². The van der Waals surface area contributed by atoms with Gasteiger partial charge in [-0.25, -0.2) is 4.98 Å². The maximum Gasteiger partial charge on any atom is 0.0950 e. The number of allylic oxidation sites excluding steroid dienone is 1. The zero-order valence-electron chi connectivity index (χ0n) is 7.24. The average molecular weight is 162 g/mol. The van der Waals surface area contributed by atoms with Gasteiger partial charge in [0.05, 0.1) is 6.33 Å². The molecule has 0 bridgehead atoms. The van der Waals surface area contributed by atoms with Gasteiger partial charge in [0, 0.05) is 17.9 Å². The van der Waals surface area contributed by atoms with Crippen LogP contribution in [0.4, 0.5) is 0 Å². The standard InChI is InChI=1S/C10H14N2/c1-2-4-9-5-3-6-10-7-11-8-12(9)10/h2,7-9H,1,3-6H2. The number of hydrogen-bond donors (Lipinski definition) is 0. The van der Waals surface area contributed by atoms with E-state index in [1.807, 2.05) is 18.6 Å². The summed E-state index contributed by atoms with van der Waals surface area (Å²) in [5.74, 6) is 0. The predicted molar refractivity (Wildman–Crippen MR) is 49.0 cm³/mol. The van der Waals surface area contributed by atoms with Gasteiger partial charge < -0.3 is 4.57 Å². The van der Waals surface area contributed by atoms with Gasteiger partial charge in [-0.05, 0) is 25.7 Å². The second-order valence-corrected chi connectivity index (χ2v) is 3.36. The Bertz CT molecular complexity index is 275. The Morgan fingerprint density at radius 3 is 3.50 bits per heavy atom. The molecular formula is C10H14N2. The Morgan fingerprint density at radius 2 is 2.67 bits per heavy atom. The molecule has 12 heavy (non-hydrogen) atoms. The molecule has 1 aliphatic rings. The minimum atomic E-state index is 0.619. The first-order valence-electron chi connectivity index (χ1n) is 4.53. The second kappa shape index (κ2) is 3.13. The van der Waals surface area contributed by atoms with Crippen molar-refractivity contribution in [1.29, 1.82) is 0 Å². The summed E-state index contributed by atoms with van der Waals surface area (Å²) < 4.78 is 2.30. The summed E-state index contributed by atoms with van der Waals surface area (Å²) in [4.78, 5) is 4.16. The molecule has 1 atom stereocenters. The molecule has 1 unspecified atom stereocenters. The smallest absolute Gasteiger partial charge is 0.0950 e. The Kier molecular flexibility index (Phi) is 1.98. The van der Waals surface area contributed by atoms with Crippen molar-refractivity contribution in [2.24, 2.45) is 0 Å². The molecule has 0 saturated heterocycles. The van der Waals surface area contributed by atoms with E-state index >= 15 is 0 Å². The summed E-state index contributed by atoms with van der Waals surface area (Å²) in [6, 6.07) is 0.619. The Labute approximate surface area is 72.9 Å². The van der Waals surface area contributed by atoms with Gasteiger partial charge in [-0.15, -0.1) is 6.58 Å². The summed E-state index contributed by atoms with van der Waals surface area (Å²) in [5.41, 5.74) is 1.38. The Morgan fingerprint density at radius 1 is 1.75 bits per heavy atom. The van der Waals surface area contributed by atoms with Crippen LogP contribution in [0.5, 0.6) is 0 Å². The van der Waals surface area contributed by atoms with Gasteiger partial charge in [0.15, 0.2) is 0 Å². The first kappa shape index (κ1) is 7.59. The predicted octanol–water partition coefficient (Wildman–Crippen LogP) is 2.34. The van der Waals surface area contributed by atoms with Crippen molar-refractivity contribution in [1.82, 2.24) is 9.55 Å². The molecule has 1 aromatic rings. The number of hydrogen-bond acceptors (Lipinski definition) is 1. The molecule has 2 nitrogen and oxygen atoms in total. The van der Waals surface area contributed by atoms with E-state index in [0.29, 0.717) is 6.04 Å². The normalized spacial score (nSPS) is 21.8. The molecule has 2 rings (SSSR count). The molecule has 64 valence electrons.